The van der Waals surface area contributed by atoms with Crippen molar-refractivity contribution in [1.82, 2.24) is 0 Å². The number of nitrogens with two attached hydrogens (primary N) is 1. The average molecular weight is 321 g/mol. The van der Waals surface area contributed by atoms with Crippen LogP contribution in [0.2, 0.25) is 0 Å². The van der Waals surface area contributed by atoms with Crippen molar-refractivity contribution in [3.63, 3.8) is 0 Å². The molecule has 0 aliphatic carbocycles. The van der Waals surface area contributed by atoms with E-state index in [1.807, 2.05) is 42.5 Å². The summed E-state index contributed by atoms with van der Waals surface area (Å²) in [6, 6.07) is 17.9. The second kappa shape index (κ2) is 6.61. The van der Waals surface area contributed by atoms with E-state index < -0.39 is 0 Å². The molecule has 0 aliphatic heterocycles. The zero-order valence-electron chi connectivity index (χ0n) is 9.71. The zero-order chi connectivity index (χ0) is 12.8. The number of thioether (sulfide) groups is 1. The normalized spacial score (nSPS) is 11.5. The SMILES string of the molecule is NC(=Nc1ccccc1)SCc1ccc(Br)cc1. The molecule has 2 aromatic carbocycles. The van der Waals surface area contributed by atoms with Crippen LogP contribution < -0.4 is 5.73 Å². The first-order valence-electron chi connectivity index (χ1n) is 5.50. The van der Waals surface area contributed by atoms with E-state index in [1.165, 1.54) is 5.56 Å². The van der Waals surface area contributed by atoms with Crippen molar-refractivity contribution in [2.75, 3.05) is 0 Å². The largest absolute Gasteiger partial charge is 0.378 e. The molecule has 0 radical (unpaired) electrons. The van der Waals surface area contributed by atoms with Crippen LogP contribution in [0, 0.1) is 0 Å². The lowest BCUT2D eigenvalue weighted by Gasteiger charge is -2.02. The number of halogens is 1. The Bertz CT molecular complexity index is 523. The molecule has 0 aliphatic rings. The highest BCUT2D eigenvalue weighted by Gasteiger charge is 1.97. The van der Waals surface area contributed by atoms with Crippen molar-refractivity contribution >= 4 is 38.5 Å². The Morgan fingerprint density at radius 1 is 1.06 bits per heavy atom. The van der Waals surface area contributed by atoms with Crippen LogP contribution in [0.1, 0.15) is 5.56 Å². The quantitative estimate of drug-likeness (QED) is 0.675. The van der Waals surface area contributed by atoms with E-state index >= 15 is 0 Å². The molecule has 2 aromatic rings. The molecule has 0 atom stereocenters. The summed E-state index contributed by atoms with van der Waals surface area (Å²) in [5.74, 6) is 0.829. The van der Waals surface area contributed by atoms with Crippen molar-refractivity contribution in [3.8, 4) is 0 Å². The zero-order valence-corrected chi connectivity index (χ0v) is 12.1. The van der Waals surface area contributed by atoms with Crippen LogP contribution in [0.5, 0.6) is 0 Å². The smallest absolute Gasteiger partial charge is 0.159 e. The van der Waals surface area contributed by atoms with E-state index in [4.69, 9.17) is 5.73 Å². The monoisotopic (exact) mass is 320 g/mol. The van der Waals surface area contributed by atoms with Crippen molar-refractivity contribution in [2.45, 2.75) is 5.75 Å². The molecule has 0 aromatic heterocycles. The van der Waals surface area contributed by atoms with E-state index in [-0.39, 0.29) is 0 Å². The summed E-state index contributed by atoms with van der Waals surface area (Å²) in [5, 5.41) is 0.587. The molecular formula is C14H13BrN2S. The third kappa shape index (κ3) is 4.20. The molecule has 0 heterocycles. The lowest BCUT2D eigenvalue weighted by atomic mass is 10.2. The summed E-state index contributed by atoms with van der Waals surface area (Å²) in [6.45, 7) is 0. The highest BCUT2D eigenvalue weighted by atomic mass is 79.9. The van der Waals surface area contributed by atoms with Crippen LogP contribution in [0.3, 0.4) is 0 Å². The molecule has 2 nitrogen and oxygen atoms in total. The Kier molecular flexibility index (Phi) is 4.84. The fourth-order valence-corrected chi connectivity index (χ4v) is 2.34. The van der Waals surface area contributed by atoms with Crippen molar-refractivity contribution in [1.29, 1.82) is 0 Å². The van der Waals surface area contributed by atoms with Gasteiger partial charge in [-0.1, -0.05) is 58.0 Å². The number of amidine groups is 1. The highest BCUT2D eigenvalue weighted by molar-refractivity contribution is 9.10. The lowest BCUT2D eigenvalue weighted by Crippen LogP contribution is -2.06. The van der Waals surface area contributed by atoms with Gasteiger partial charge >= 0.3 is 0 Å². The minimum absolute atomic E-state index is 0.587. The van der Waals surface area contributed by atoms with Gasteiger partial charge in [-0.3, -0.25) is 0 Å². The van der Waals surface area contributed by atoms with Crippen molar-refractivity contribution < 1.29 is 0 Å². The fourth-order valence-electron chi connectivity index (χ4n) is 1.40. The average Bonchev–Trinajstić information content (AvgIpc) is 2.39. The van der Waals surface area contributed by atoms with Gasteiger partial charge in [0.15, 0.2) is 5.17 Å². The standard InChI is InChI=1S/C14H13BrN2S/c15-12-8-6-11(7-9-12)10-18-14(16)17-13-4-2-1-3-5-13/h1-9H,10H2,(H2,16,17). The third-order valence-corrected chi connectivity index (χ3v) is 3.69. The van der Waals surface area contributed by atoms with Gasteiger partial charge in [-0.2, -0.15) is 0 Å². The molecule has 0 amide bonds. The van der Waals surface area contributed by atoms with Gasteiger partial charge in [0, 0.05) is 10.2 Å². The summed E-state index contributed by atoms with van der Waals surface area (Å²) in [6.07, 6.45) is 0. The third-order valence-electron chi connectivity index (χ3n) is 2.30. The molecule has 0 fully saturated rings. The van der Waals surface area contributed by atoms with Gasteiger partial charge in [0.1, 0.15) is 0 Å². The summed E-state index contributed by atoms with van der Waals surface area (Å²) < 4.78 is 1.09. The van der Waals surface area contributed by atoms with E-state index in [1.54, 1.807) is 11.8 Å². The molecule has 0 unspecified atom stereocenters. The number of hydrogen-bond donors (Lipinski definition) is 1. The first kappa shape index (κ1) is 13.2. The van der Waals surface area contributed by atoms with Crippen LogP contribution in [0.4, 0.5) is 5.69 Å². The van der Waals surface area contributed by atoms with E-state index in [0.29, 0.717) is 5.17 Å². The van der Waals surface area contributed by atoms with Gasteiger partial charge in [-0.15, -0.1) is 0 Å². The molecule has 4 heteroatoms. The van der Waals surface area contributed by atoms with E-state index in [2.05, 4.69) is 33.1 Å². The molecule has 0 saturated heterocycles. The van der Waals surface area contributed by atoms with Crippen LogP contribution in [0.25, 0.3) is 0 Å². The van der Waals surface area contributed by atoms with Gasteiger partial charge < -0.3 is 5.73 Å². The summed E-state index contributed by atoms with van der Waals surface area (Å²) in [4.78, 5) is 4.34. The number of nitrogens with zero attached hydrogens (tertiary/aromatic N) is 1. The van der Waals surface area contributed by atoms with Crippen LogP contribution in [0.15, 0.2) is 64.1 Å². The molecule has 2 N–H and O–H groups in total. The van der Waals surface area contributed by atoms with Gasteiger partial charge in [0.2, 0.25) is 0 Å². The van der Waals surface area contributed by atoms with Crippen LogP contribution in [-0.4, -0.2) is 5.17 Å². The van der Waals surface area contributed by atoms with Crippen LogP contribution >= 0.6 is 27.7 Å². The topological polar surface area (TPSA) is 38.4 Å². The number of rotatable bonds is 3. The number of benzene rings is 2. The number of aliphatic imine (C=N–C) groups is 1. The summed E-state index contributed by atoms with van der Waals surface area (Å²) >= 11 is 4.96. The van der Waals surface area contributed by atoms with Gasteiger partial charge in [-0.25, -0.2) is 4.99 Å². The maximum Gasteiger partial charge on any atom is 0.159 e. The van der Waals surface area contributed by atoms with Gasteiger partial charge in [-0.05, 0) is 29.8 Å². The van der Waals surface area contributed by atoms with Crippen molar-refractivity contribution in [3.05, 3.63) is 64.6 Å². The van der Waals surface area contributed by atoms with Gasteiger partial charge in [0.05, 0.1) is 5.69 Å². The molecule has 0 spiro atoms. The second-order valence-electron chi connectivity index (χ2n) is 3.70. The van der Waals surface area contributed by atoms with Gasteiger partial charge in [0.25, 0.3) is 0 Å². The number of hydrogen-bond acceptors (Lipinski definition) is 2. The van der Waals surface area contributed by atoms with Crippen LogP contribution in [-0.2, 0) is 5.75 Å². The Balaban J connectivity index is 1.94. The second-order valence-corrected chi connectivity index (χ2v) is 5.61. The van der Waals surface area contributed by atoms with E-state index in [9.17, 15) is 0 Å². The summed E-state index contributed by atoms with van der Waals surface area (Å²) in [5.41, 5.74) is 8.01. The minimum Gasteiger partial charge on any atom is -0.378 e. The Morgan fingerprint density at radius 2 is 1.72 bits per heavy atom. The fraction of sp³-hybridized carbons (Fsp3) is 0.0714. The van der Waals surface area contributed by atoms with E-state index in [0.717, 1.165) is 15.9 Å². The Hall–Kier alpha value is -1.26. The number of para-hydroxylation sites is 1. The van der Waals surface area contributed by atoms with Crippen molar-refractivity contribution in [2.24, 2.45) is 10.7 Å². The molecular weight excluding hydrogens is 308 g/mol. The Labute approximate surface area is 119 Å². The summed E-state index contributed by atoms with van der Waals surface area (Å²) in [7, 11) is 0. The molecule has 0 saturated carbocycles. The predicted octanol–water partition coefficient (Wildman–Crippen LogP) is 4.33. The first-order chi connectivity index (χ1) is 8.74. The maximum atomic E-state index is 5.89. The Morgan fingerprint density at radius 3 is 2.39 bits per heavy atom. The molecule has 0 bridgehead atoms. The molecule has 92 valence electrons. The molecule has 2 rings (SSSR count). The first-order valence-corrected chi connectivity index (χ1v) is 7.28. The molecule has 18 heavy (non-hydrogen) atoms. The predicted molar refractivity (Wildman–Crippen MR) is 83.2 cm³/mol. The maximum absolute atomic E-state index is 5.89. The lowest BCUT2D eigenvalue weighted by molar-refractivity contribution is 1.41. The minimum atomic E-state index is 0.587. The highest BCUT2D eigenvalue weighted by Crippen LogP contribution is 2.18.